The standard InChI is InChI=1S/C20H18N2O6/c1-21(11-16(23)24)19(26)17-18(25)14-9-5-6-10-15(14)22(20(17)27)28-12-13-7-3-2-4-8-13/h2-10,25H,11-12H2,1H3,(H,23,24). The van der Waals surface area contributed by atoms with Crippen molar-refractivity contribution in [2.75, 3.05) is 13.6 Å². The first-order valence-corrected chi connectivity index (χ1v) is 8.41. The summed E-state index contributed by atoms with van der Waals surface area (Å²) < 4.78 is 0.948. The molecule has 144 valence electrons. The first kappa shape index (κ1) is 19.0. The molecule has 0 radical (unpaired) electrons. The molecule has 8 heteroatoms. The molecule has 3 rings (SSSR count). The predicted molar refractivity (Wildman–Crippen MR) is 101 cm³/mol. The van der Waals surface area contributed by atoms with Crippen molar-refractivity contribution in [2.45, 2.75) is 6.61 Å². The number of nitrogens with zero attached hydrogens (tertiary/aromatic N) is 2. The van der Waals surface area contributed by atoms with Crippen molar-refractivity contribution in [3.63, 3.8) is 0 Å². The fourth-order valence-corrected chi connectivity index (χ4v) is 2.80. The van der Waals surface area contributed by atoms with Gasteiger partial charge in [0, 0.05) is 12.4 Å². The zero-order valence-electron chi connectivity index (χ0n) is 15.0. The first-order chi connectivity index (χ1) is 13.4. The van der Waals surface area contributed by atoms with E-state index in [2.05, 4.69) is 0 Å². The number of carbonyl (C=O) groups excluding carboxylic acids is 1. The smallest absolute Gasteiger partial charge is 0.323 e. The highest BCUT2D eigenvalue weighted by atomic mass is 16.7. The van der Waals surface area contributed by atoms with Gasteiger partial charge in [-0.15, -0.1) is 4.73 Å². The van der Waals surface area contributed by atoms with Crippen LogP contribution in [0.15, 0.2) is 59.4 Å². The third kappa shape index (κ3) is 3.66. The number of aromatic hydroxyl groups is 1. The molecule has 8 nitrogen and oxygen atoms in total. The fourth-order valence-electron chi connectivity index (χ4n) is 2.80. The number of hydrogen-bond acceptors (Lipinski definition) is 5. The third-order valence-corrected chi connectivity index (χ3v) is 4.15. The van der Waals surface area contributed by atoms with Crippen molar-refractivity contribution in [3.8, 4) is 5.75 Å². The lowest BCUT2D eigenvalue weighted by atomic mass is 10.1. The molecule has 0 saturated carbocycles. The van der Waals surface area contributed by atoms with Gasteiger partial charge in [-0.25, -0.2) is 0 Å². The Morgan fingerprint density at radius 2 is 1.71 bits per heavy atom. The number of fused-ring (bicyclic) bond motifs is 1. The van der Waals surface area contributed by atoms with E-state index in [0.29, 0.717) is 5.52 Å². The van der Waals surface area contributed by atoms with Crippen LogP contribution in [0.3, 0.4) is 0 Å². The Morgan fingerprint density at radius 3 is 2.39 bits per heavy atom. The van der Waals surface area contributed by atoms with E-state index in [1.165, 1.54) is 7.05 Å². The lowest BCUT2D eigenvalue weighted by Crippen LogP contribution is -2.38. The Morgan fingerprint density at radius 1 is 1.07 bits per heavy atom. The maximum absolute atomic E-state index is 12.9. The molecule has 0 unspecified atom stereocenters. The van der Waals surface area contributed by atoms with Crippen molar-refractivity contribution in [2.24, 2.45) is 0 Å². The second-order valence-electron chi connectivity index (χ2n) is 6.15. The monoisotopic (exact) mass is 382 g/mol. The van der Waals surface area contributed by atoms with Crippen molar-refractivity contribution in [1.82, 2.24) is 9.63 Å². The number of pyridine rings is 1. The van der Waals surface area contributed by atoms with Crippen LogP contribution in [-0.4, -0.2) is 45.3 Å². The summed E-state index contributed by atoms with van der Waals surface area (Å²) in [5.41, 5.74) is -0.314. The molecular weight excluding hydrogens is 364 g/mol. The van der Waals surface area contributed by atoms with Crippen LogP contribution in [0.5, 0.6) is 5.75 Å². The number of rotatable bonds is 6. The minimum absolute atomic E-state index is 0.0636. The Bertz CT molecular complexity index is 1090. The van der Waals surface area contributed by atoms with Crippen LogP contribution in [0.2, 0.25) is 0 Å². The SMILES string of the molecule is CN(CC(=O)O)C(=O)c1c(O)c2ccccc2n(OCc2ccccc2)c1=O. The number of aliphatic carboxylic acids is 1. The molecule has 0 bridgehead atoms. The molecule has 2 N–H and O–H groups in total. The van der Waals surface area contributed by atoms with Gasteiger partial charge < -0.3 is 20.0 Å². The zero-order valence-corrected chi connectivity index (χ0v) is 15.0. The van der Waals surface area contributed by atoms with E-state index in [-0.39, 0.29) is 12.0 Å². The van der Waals surface area contributed by atoms with Gasteiger partial charge in [0.1, 0.15) is 18.9 Å². The van der Waals surface area contributed by atoms with Crippen LogP contribution >= 0.6 is 0 Å². The van der Waals surface area contributed by atoms with Gasteiger partial charge >= 0.3 is 5.97 Å². The topological polar surface area (TPSA) is 109 Å². The Labute approximate surface area is 159 Å². The maximum Gasteiger partial charge on any atom is 0.323 e. The van der Waals surface area contributed by atoms with E-state index in [9.17, 15) is 19.5 Å². The second-order valence-corrected chi connectivity index (χ2v) is 6.15. The average Bonchev–Trinajstić information content (AvgIpc) is 2.68. The summed E-state index contributed by atoms with van der Waals surface area (Å²) in [5, 5.41) is 19.7. The van der Waals surface area contributed by atoms with Crippen LogP contribution in [0, 0.1) is 0 Å². The van der Waals surface area contributed by atoms with E-state index in [1.54, 1.807) is 24.3 Å². The summed E-state index contributed by atoms with van der Waals surface area (Å²) in [6, 6.07) is 15.6. The fraction of sp³-hybridized carbons (Fsp3) is 0.150. The number of likely N-dealkylation sites (N-methyl/N-ethyl adjacent to an activating group) is 1. The van der Waals surface area contributed by atoms with Gasteiger partial charge in [0.25, 0.3) is 11.5 Å². The highest BCUT2D eigenvalue weighted by Gasteiger charge is 2.26. The summed E-state index contributed by atoms with van der Waals surface area (Å²) in [4.78, 5) is 42.9. The van der Waals surface area contributed by atoms with Crippen LogP contribution in [0.4, 0.5) is 0 Å². The molecule has 1 aromatic heterocycles. The van der Waals surface area contributed by atoms with Gasteiger partial charge in [0.2, 0.25) is 0 Å². The lowest BCUT2D eigenvalue weighted by Gasteiger charge is -2.18. The summed E-state index contributed by atoms with van der Waals surface area (Å²) in [6.07, 6.45) is 0. The summed E-state index contributed by atoms with van der Waals surface area (Å²) in [5.74, 6) is -2.66. The average molecular weight is 382 g/mol. The molecule has 0 atom stereocenters. The van der Waals surface area contributed by atoms with Gasteiger partial charge in [0.15, 0.2) is 5.56 Å². The molecular formula is C20H18N2O6. The number of carbonyl (C=O) groups is 2. The minimum atomic E-state index is -1.24. The highest BCUT2D eigenvalue weighted by molar-refractivity contribution is 6.02. The third-order valence-electron chi connectivity index (χ3n) is 4.15. The van der Waals surface area contributed by atoms with Crippen LogP contribution in [0.25, 0.3) is 10.9 Å². The summed E-state index contributed by atoms with van der Waals surface area (Å²) in [7, 11) is 1.24. The normalized spacial score (nSPS) is 10.6. The molecule has 0 spiro atoms. The number of hydrogen-bond donors (Lipinski definition) is 2. The zero-order chi connectivity index (χ0) is 20.3. The second kappa shape index (κ2) is 7.83. The largest absolute Gasteiger partial charge is 0.506 e. The number of aromatic nitrogens is 1. The van der Waals surface area contributed by atoms with E-state index < -0.39 is 35.3 Å². The molecule has 1 amide bonds. The molecule has 2 aromatic carbocycles. The molecule has 0 aliphatic carbocycles. The van der Waals surface area contributed by atoms with Crippen LogP contribution in [0.1, 0.15) is 15.9 Å². The van der Waals surface area contributed by atoms with E-state index in [1.807, 2.05) is 30.3 Å². The lowest BCUT2D eigenvalue weighted by molar-refractivity contribution is -0.137. The first-order valence-electron chi connectivity index (χ1n) is 8.41. The van der Waals surface area contributed by atoms with Crippen LogP contribution < -0.4 is 10.4 Å². The van der Waals surface area contributed by atoms with Crippen LogP contribution in [-0.2, 0) is 11.4 Å². The van der Waals surface area contributed by atoms with Crippen molar-refractivity contribution < 1.29 is 24.6 Å². The quantitative estimate of drug-likeness (QED) is 0.669. The molecule has 0 aliphatic heterocycles. The van der Waals surface area contributed by atoms with Gasteiger partial charge in [-0.3, -0.25) is 14.4 Å². The Kier molecular flexibility index (Phi) is 5.30. The predicted octanol–water partition coefficient (Wildman–Crippen LogP) is 1.49. The molecule has 0 aliphatic rings. The van der Waals surface area contributed by atoms with Gasteiger partial charge in [0.05, 0.1) is 5.52 Å². The van der Waals surface area contributed by atoms with Crippen molar-refractivity contribution >= 4 is 22.8 Å². The molecule has 3 aromatic rings. The summed E-state index contributed by atoms with van der Waals surface area (Å²) >= 11 is 0. The summed E-state index contributed by atoms with van der Waals surface area (Å²) in [6.45, 7) is -0.552. The Balaban J connectivity index is 2.11. The van der Waals surface area contributed by atoms with Crippen molar-refractivity contribution in [3.05, 3.63) is 76.1 Å². The number of benzene rings is 2. The molecule has 0 saturated heterocycles. The Hall–Kier alpha value is -3.81. The number of para-hydroxylation sites is 1. The maximum atomic E-state index is 12.9. The number of carboxylic acids is 1. The number of carboxylic acid groups (broad SMARTS) is 1. The van der Waals surface area contributed by atoms with E-state index in [0.717, 1.165) is 15.2 Å². The molecule has 1 heterocycles. The van der Waals surface area contributed by atoms with Gasteiger partial charge in [-0.2, -0.15) is 0 Å². The van der Waals surface area contributed by atoms with Crippen molar-refractivity contribution in [1.29, 1.82) is 0 Å². The van der Waals surface area contributed by atoms with E-state index in [4.69, 9.17) is 9.94 Å². The van der Waals surface area contributed by atoms with E-state index >= 15 is 0 Å². The minimum Gasteiger partial charge on any atom is -0.506 e. The van der Waals surface area contributed by atoms with Gasteiger partial charge in [-0.05, 0) is 17.7 Å². The van der Waals surface area contributed by atoms with Gasteiger partial charge in [-0.1, -0.05) is 42.5 Å². The highest BCUT2D eigenvalue weighted by Crippen LogP contribution is 2.26. The number of amides is 1. The molecule has 28 heavy (non-hydrogen) atoms. The molecule has 0 fully saturated rings.